The van der Waals surface area contributed by atoms with Crippen LogP contribution in [0, 0.1) is 0 Å². The maximum atomic E-state index is 12.7. The van der Waals surface area contributed by atoms with Gasteiger partial charge in [-0.3, -0.25) is 9.59 Å². The van der Waals surface area contributed by atoms with E-state index < -0.39 is 0 Å². The standard InChI is InChI=1S/C19H22ClN3O2/c1-13(2)23(15-7-5-4-6-8-15)18(24)12-22-17-11-14(19(25)21-3)9-10-16(17)20/h4-11,13,22H,12H2,1-3H3,(H,21,25). The van der Waals surface area contributed by atoms with E-state index in [2.05, 4.69) is 10.6 Å². The molecule has 0 heterocycles. The first-order valence-electron chi connectivity index (χ1n) is 8.06. The molecule has 6 heteroatoms. The molecule has 0 atom stereocenters. The van der Waals surface area contributed by atoms with Gasteiger partial charge in [0.1, 0.15) is 0 Å². The molecule has 0 saturated heterocycles. The molecule has 2 amide bonds. The summed E-state index contributed by atoms with van der Waals surface area (Å²) >= 11 is 6.17. The predicted molar refractivity (Wildman–Crippen MR) is 102 cm³/mol. The summed E-state index contributed by atoms with van der Waals surface area (Å²) in [5.74, 6) is -0.290. The molecule has 2 aromatic carbocycles. The van der Waals surface area contributed by atoms with Crippen molar-refractivity contribution in [2.24, 2.45) is 0 Å². The van der Waals surface area contributed by atoms with Crippen molar-refractivity contribution in [3.05, 3.63) is 59.1 Å². The Hall–Kier alpha value is -2.53. The van der Waals surface area contributed by atoms with Crippen molar-refractivity contribution in [1.82, 2.24) is 5.32 Å². The number of nitrogens with zero attached hydrogens (tertiary/aromatic N) is 1. The minimum atomic E-state index is -0.209. The smallest absolute Gasteiger partial charge is 0.251 e. The third-order valence-corrected chi connectivity index (χ3v) is 4.03. The van der Waals surface area contributed by atoms with Crippen molar-refractivity contribution in [2.45, 2.75) is 19.9 Å². The van der Waals surface area contributed by atoms with E-state index in [0.717, 1.165) is 5.69 Å². The molecule has 0 fully saturated rings. The first kappa shape index (κ1) is 18.8. The van der Waals surface area contributed by atoms with Crippen LogP contribution in [-0.4, -0.2) is 31.4 Å². The van der Waals surface area contributed by atoms with Gasteiger partial charge in [-0.1, -0.05) is 29.8 Å². The lowest BCUT2D eigenvalue weighted by atomic mass is 10.2. The van der Waals surface area contributed by atoms with Crippen molar-refractivity contribution in [2.75, 3.05) is 23.8 Å². The van der Waals surface area contributed by atoms with Crippen LogP contribution in [0.15, 0.2) is 48.5 Å². The van der Waals surface area contributed by atoms with Crippen LogP contribution in [0.1, 0.15) is 24.2 Å². The zero-order valence-electron chi connectivity index (χ0n) is 14.5. The van der Waals surface area contributed by atoms with Crippen LogP contribution in [0.5, 0.6) is 0 Å². The summed E-state index contributed by atoms with van der Waals surface area (Å²) in [6.45, 7) is 4.00. The molecule has 0 spiro atoms. The number of hydrogen-bond donors (Lipinski definition) is 2. The van der Waals surface area contributed by atoms with Gasteiger partial charge in [-0.05, 0) is 44.2 Å². The molecule has 5 nitrogen and oxygen atoms in total. The summed E-state index contributed by atoms with van der Waals surface area (Å²) in [6.07, 6.45) is 0. The number of carbonyl (C=O) groups excluding carboxylic acids is 2. The lowest BCUT2D eigenvalue weighted by molar-refractivity contribution is -0.117. The number of nitrogens with one attached hydrogen (secondary N) is 2. The molecular weight excluding hydrogens is 338 g/mol. The largest absolute Gasteiger partial charge is 0.375 e. The quantitative estimate of drug-likeness (QED) is 0.829. The Morgan fingerprint density at radius 2 is 1.80 bits per heavy atom. The van der Waals surface area contributed by atoms with Crippen LogP contribution < -0.4 is 15.5 Å². The monoisotopic (exact) mass is 359 g/mol. The average molecular weight is 360 g/mol. The Labute approximate surface area is 153 Å². The van der Waals surface area contributed by atoms with E-state index in [4.69, 9.17) is 11.6 Å². The van der Waals surface area contributed by atoms with Crippen LogP contribution in [0.2, 0.25) is 5.02 Å². The van der Waals surface area contributed by atoms with E-state index in [9.17, 15) is 9.59 Å². The second-order valence-corrected chi connectivity index (χ2v) is 6.23. The van der Waals surface area contributed by atoms with Gasteiger partial charge < -0.3 is 15.5 Å². The lowest BCUT2D eigenvalue weighted by Gasteiger charge is -2.27. The number of halogens is 1. The summed E-state index contributed by atoms with van der Waals surface area (Å²) in [5.41, 5.74) is 1.87. The number of amides is 2. The van der Waals surface area contributed by atoms with E-state index in [-0.39, 0.29) is 24.4 Å². The van der Waals surface area contributed by atoms with Crippen molar-refractivity contribution in [3.63, 3.8) is 0 Å². The van der Waals surface area contributed by atoms with Gasteiger partial charge in [0, 0.05) is 24.3 Å². The van der Waals surface area contributed by atoms with Gasteiger partial charge in [-0.2, -0.15) is 0 Å². The number of anilines is 2. The van der Waals surface area contributed by atoms with Gasteiger partial charge in [-0.25, -0.2) is 0 Å². The van der Waals surface area contributed by atoms with Gasteiger partial charge in [0.05, 0.1) is 17.3 Å². The second kappa shape index (κ2) is 8.53. The molecule has 0 aromatic heterocycles. The molecule has 2 rings (SSSR count). The molecule has 0 unspecified atom stereocenters. The van der Waals surface area contributed by atoms with E-state index in [1.165, 1.54) is 0 Å². The van der Waals surface area contributed by atoms with Gasteiger partial charge in [0.25, 0.3) is 5.91 Å². The van der Waals surface area contributed by atoms with Gasteiger partial charge in [-0.15, -0.1) is 0 Å². The van der Waals surface area contributed by atoms with Gasteiger partial charge in [0.15, 0.2) is 0 Å². The number of benzene rings is 2. The minimum absolute atomic E-state index is 0.0179. The summed E-state index contributed by atoms with van der Waals surface area (Å²) in [7, 11) is 1.56. The average Bonchev–Trinajstić information content (AvgIpc) is 2.61. The molecule has 0 saturated carbocycles. The first-order valence-corrected chi connectivity index (χ1v) is 8.44. The molecule has 25 heavy (non-hydrogen) atoms. The van der Waals surface area contributed by atoms with E-state index >= 15 is 0 Å². The lowest BCUT2D eigenvalue weighted by Crippen LogP contribution is -2.40. The topological polar surface area (TPSA) is 61.4 Å². The van der Waals surface area contributed by atoms with Crippen molar-refractivity contribution in [3.8, 4) is 0 Å². The number of para-hydroxylation sites is 1. The van der Waals surface area contributed by atoms with Crippen LogP contribution in [-0.2, 0) is 4.79 Å². The Bertz CT molecular complexity index is 748. The van der Waals surface area contributed by atoms with E-state index in [1.54, 1.807) is 30.1 Å². The molecule has 0 aliphatic carbocycles. The number of rotatable bonds is 6. The zero-order chi connectivity index (χ0) is 18.4. The zero-order valence-corrected chi connectivity index (χ0v) is 15.3. The first-order chi connectivity index (χ1) is 11.9. The summed E-state index contributed by atoms with van der Waals surface area (Å²) in [6, 6.07) is 14.4. The fourth-order valence-electron chi connectivity index (χ4n) is 2.52. The number of hydrogen-bond acceptors (Lipinski definition) is 3. The summed E-state index contributed by atoms with van der Waals surface area (Å²) < 4.78 is 0. The maximum absolute atomic E-state index is 12.7. The summed E-state index contributed by atoms with van der Waals surface area (Å²) in [4.78, 5) is 26.2. The molecule has 0 bridgehead atoms. The number of carbonyl (C=O) groups is 2. The predicted octanol–water partition coefficient (Wildman–Crippen LogP) is 3.55. The van der Waals surface area contributed by atoms with Gasteiger partial charge in [0.2, 0.25) is 5.91 Å². The van der Waals surface area contributed by atoms with Crippen molar-refractivity contribution >= 4 is 34.8 Å². The highest BCUT2D eigenvalue weighted by molar-refractivity contribution is 6.33. The molecule has 2 aromatic rings. The van der Waals surface area contributed by atoms with Crippen LogP contribution in [0.3, 0.4) is 0 Å². The van der Waals surface area contributed by atoms with E-state index in [0.29, 0.717) is 16.3 Å². The van der Waals surface area contributed by atoms with Crippen LogP contribution in [0.4, 0.5) is 11.4 Å². The Morgan fingerprint density at radius 3 is 2.40 bits per heavy atom. The fraction of sp³-hybridized carbons (Fsp3) is 0.263. The van der Waals surface area contributed by atoms with Crippen molar-refractivity contribution < 1.29 is 9.59 Å². The van der Waals surface area contributed by atoms with Gasteiger partial charge >= 0.3 is 0 Å². The Morgan fingerprint density at radius 1 is 1.12 bits per heavy atom. The molecule has 132 valence electrons. The highest BCUT2D eigenvalue weighted by Crippen LogP contribution is 2.23. The fourth-order valence-corrected chi connectivity index (χ4v) is 2.71. The third kappa shape index (κ3) is 4.73. The van der Waals surface area contributed by atoms with E-state index in [1.807, 2.05) is 44.2 Å². The molecule has 0 radical (unpaired) electrons. The molecular formula is C19H22ClN3O2. The second-order valence-electron chi connectivity index (χ2n) is 5.82. The Kier molecular flexibility index (Phi) is 6.42. The SMILES string of the molecule is CNC(=O)c1ccc(Cl)c(NCC(=O)N(c2ccccc2)C(C)C)c1. The highest BCUT2D eigenvalue weighted by atomic mass is 35.5. The highest BCUT2D eigenvalue weighted by Gasteiger charge is 2.19. The Balaban J connectivity index is 2.14. The van der Waals surface area contributed by atoms with Crippen molar-refractivity contribution in [1.29, 1.82) is 0 Å². The van der Waals surface area contributed by atoms with Crippen LogP contribution in [0.25, 0.3) is 0 Å². The maximum Gasteiger partial charge on any atom is 0.251 e. The molecule has 0 aliphatic rings. The third-order valence-electron chi connectivity index (χ3n) is 3.71. The molecule has 0 aliphatic heterocycles. The summed E-state index contributed by atoms with van der Waals surface area (Å²) in [5, 5.41) is 6.05. The molecule has 2 N–H and O–H groups in total. The normalized spacial score (nSPS) is 10.4. The van der Waals surface area contributed by atoms with Crippen LogP contribution >= 0.6 is 11.6 Å². The minimum Gasteiger partial charge on any atom is -0.375 e.